The topological polar surface area (TPSA) is 55.2 Å². The molecule has 1 aromatic rings. The summed E-state index contributed by atoms with van der Waals surface area (Å²) in [6, 6.07) is 4.80. The fourth-order valence-corrected chi connectivity index (χ4v) is 3.84. The highest BCUT2D eigenvalue weighted by Crippen LogP contribution is 2.48. The largest absolute Gasteiger partial charge is 0.379 e. The average Bonchev–Trinajstić information content (AvgIpc) is 2.99. The molecule has 0 aromatic heterocycles. The normalized spacial score (nSPS) is 28.6. The first kappa shape index (κ1) is 12.7. The number of anilines is 1. The maximum atomic E-state index is 11.0. The minimum absolute atomic E-state index is 0.0654. The molecule has 2 aliphatic carbocycles. The number of hydrogen-bond acceptors (Lipinski definition) is 3. The summed E-state index contributed by atoms with van der Waals surface area (Å²) in [7, 11) is 0. The molecule has 19 heavy (non-hydrogen) atoms. The van der Waals surface area contributed by atoms with E-state index >= 15 is 0 Å². The molecule has 1 aromatic carbocycles. The lowest BCUT2D eigenvalue weighted by atomic mass is 9.89. The van der Waals surface area contributed by atoms with Gasteiger partial charge in [0.1, 0.15) is 5.69 Å². The molecule has 1 N–H and O–H groups in total. The first-order valence-electron chi connectivity index (χ1n) is 6.81. The third kappa shape index (κ3) is 2.54. The van der Waals surface area contributed by atoms with Crippen LogP contribution in [0.4, 0.5) is 11.4 Å². The number of halogens is 1. The number of benzene rings is 1. The summed E-state index contributed by atoms with van der Waals surface area (Å²) in [5.74, 6) is 2.40. The summed E-state index contributed by atoms with van der Waals surface area (Å²) < 4.78 is 0. The summed E-state index contributed by atoms with van der Waals surface area (Å²) >= 11 is 5.81. The molecule has 0 radical (unpaired) electrons. The second-order valence-electron chi connectivity index (χ2n) is 5.73. The minimum Gasteiger partial charge on any atom is -0.379 e. The molecule has 0 amide bonds. The lowest BCUT2D eigenvalue weighted by Crippen LogP contribution is -2.20. The van der Waals surface area contributed by atoms with E-state index in [-0.39, 0.29) is 10.6 Å². The SMILES string of the molecule is O=[N+]([O-])c1cc(Cl)ccc1NCC1CC2CCC1C2. The van der Waals surface area contributed by atoms with Crippen molar-refractivity contribution in [1.82, 2.24) is 0 Å². The number of nitro benzene ring substituents is 1. The van der Waals surface area contributed by atoms with Crippen molar-refractivity contribution in [3.8, 4) is 0 Å². The summed E-state index contributed by atoms with van der Waals surface area (Å²) in [5, 5.41) is 14.7. The Morgan fingerprint density at radius 1 is 1.37 bits per heavy atom. The first-order chi connectivity index (χ1) is 9.13. The van der Waals surface area contributed by atoms with Crippen LogP contribution in [0.15, 0.2) is 18.2 Å². The monoisotopic (exact) mass is 280 g/mol. The van der Waals surface area contributed by atoms with E-state index in [1.807, 2.05) is 0 Å². The van der Waals surface area contributed by atoms with Crippen molar-refractivity contribution < 1.29 is 4.92 Å². The van der Waals surface area contributed by atoms with Gasteiger partial charge >= 0.3 is 0 Å². The van der Waals surface area contributed by atoms with Gasteiger partial charge in [0.25, 0.3) is 5.69 Å². The Morgan fingerprint density at radius 3 is 2.84 bits per heavy atom. The van der Waals surface area contributed by atoms with Crippen molar-refractivity contribution in [2.24, 2.45) is 17.8 Å². The van der Waals surface area contributed by atoms with E-state index in [0.717, 1.165) is 18.4 Å². The highest BCUT2D eigenvalue weighted by atomic mass is 35.5. The van der Waals surface area contributed by atoms with Crippen LogP contribution in [-0.4, -0.2) is 11.5 Å². The van der Waals surface area contributed by atoms with E-state index < -0.39 is 0 Å². The molecule has 2 bridgehead atoms. The molecule has 3 atom stereocenters. The number of nitro groups is 1. The predicted molar refractivity (Wildman–Crippen MR) is 75.5 cm³/mol. The summed E-state index contributed by atoms with van der Waals surface area (Å²) in [6.07, 6.45) is 5.34. The molecule has 3 rings (SSSR count). The molecule has 0 aliphatic heterocycles. The van der Waals surface area contributed by atoms with Crippen LogP contribution in [0.25, 0.3) is 0 Å². The molecule has 4 nitrogen and oxygen atoms in total. The molecular formula is C14H17ClN2O2. The molecule has 0 heterocycles. The van der Waals surface area contributed by atoms with Gasteiger partial charge in [0.05, 0.1) is 4.92 Å². The molecule has 3 unspecified atom stereocenters. The van der Waals surface area contributed by atoms with E-state index in [9.17, 15) is 10.1 Å². The second-order valence-corrected chi connectivity index (χ2v) is 6.17. The fourth-order valence-electron chi connectivity index (χ4n) is 3.67. The Kier molecular flexibility index (Phi) is 3.35. The van der Waals surface area contributed by atoms with Gasteiger partial charge in [0, 0.05) is 17.6 Å². The van der Waals surface area contributed by atoms with Crippen molar-refractivity contribution >= 4 is 23.0 Å². The van der Waals surface area contributed by atoms with Gasteiger partial charge in [-0.3, -0.25) is 10.1 Å². The molecule has 2 aliphatic rings. The Bertz CT molecular complexity index is 506. The van der Waals surface area contributed by atoms with Crippen molar-refractivity contribution in [3.63, 3.8) is 0 Å². The predicted octanol–water partition coefficient (Wildman–Crippen LogP) is 4.10. The molecule has 2 saturated carbocycles. The van der Waals surface area contributed by atoms with Gasteiger partial charge in [-0.05, 0) is 49.1 Å². The number of fused-ring (bicyclic) bond motifs is 2. The zero-order valence-corrected chi connectivity index (χ0v) is 11.4. The highest BCUT2D eigenvalue weighted by Gasteiger charge is 2.39. The van der Waals surface area contributed by atoms with Crippen LogP contribution in [0.5, 0.6) is 0 Å². The third-order valence-corrected chi connectivity index (χ3v) is 4.83. The van der Waals surface area contributed by atoms with Gasteiger partial charge in [-0.15, -0.1) is 0 Å². The van der Waals surface area contributed by atoms with E-state index in [0.29, 0.717) is 16.6 Å². The molecule has 0 saturated heterocycles. The lowest BCUT2D eigenvalue weighted by Gasteiger charge is -2.22. The smallest absolute Gasteiger partial charge is 0.293 e. The van der Waals surface area contributed by atoms with Gasteiger partial charge in [0.15, 0.2) is 0 Å². The molecular weight excluding hydrogens is 264 g/mol. The number of hydrogen-bond donors (Lipinski definition) is 1. The van der Waals surface area contributed by atoms with E-state index in [2.05, 4.69) is 5.32 Å². The van der Waals surface area contributed by atoms with Crippen molar-refractivity contribution in [3.05, 3.63) is 33.3 Å². The summed E-state index contributed by atoms with van der Waals surface area (Å²) in [5.41, 5.74) is 0.646. The van der Waals surface area contributed by atoms with Crippen LogP contribution in [0, 0.1) is 27.9 Å². The van der Waals surface area contributed by atoms with E-state index in [1.165, 1.54) is 31.7 Å². The van der Waals surface area contributed by atoms with Crippen molar-refractivity contribution in [2.45, 2.75) is 25.7 Å². The quantitative estimate of drug-likeness (QED) is 0.667. The van der Waals surface area contributed by atoms with E-state index in [1.54, 1.807) is 12.1 Å². The molecule has 102 valence electrons. The highest BCUT2D eigenvalue weighted by molar-refractivity contribution is 6.30. The average molecular weight is 281 g/mol. The van der Waals surface area contributed by atoms with Gasteiger partial charge < -0.3 is 5.32 Å². The number of nitrogens with one attached hydrogen (secondary N) is 1. The molecule has 2 fully saturated rings. The standard InChI is InChI=1S/C14H17ClN2O2/c15-12-3-4-13(14(7-12)17(18)19)16-8-11-6-9-1-2-10(11)5-9/h3-4,7,9-11,16H,1-2,5-6,8H2. The zero-order chi connectivity index (χ0) is 13.4. The first-order valence-corrected chi connectivity index (χ1v) is 7.19. The maximum Gasteiger partial charge on any atom is 0.293 e. The van der Waals surface area contributed by atoms with Crippen LogP contribution in [-0.2, 0) is 0 Å². The number of rotatable bonds is 4. The number of nitrogens with zero attached hydrogens (tertiary/aromatic N) is 1. The van der Waals surface area contributed by atoms with Crippen LogP contribution in [0.3, 0.4) is 0 Å². The molecule has 0 spiro atoms. The summed E-state index contributed by atoms with van der Waals surface area (Å²) in [4.78, 5) is 10.6. The Hall–Kier alpha value is -1.29. The van der Waals surface area contributed by atoms with Crippen molar-refractivity contribution in [1.29, 1.82) is 0 Å². The van der Waals surface area contributed by atoms with E-state index in [4.69, 9.17) is 11.6 Å². The third-order valence-electron chi connectivity index (χ3n) is 4.60. The van der Waals surface area contributed by atoms with Crippen LogP contribution in [0.2, 0.25) is 5.02 Å². The maximum absolute atomic E-state index is 11.0. The lowest BCUT2D eigenvalue weighted by molar-refractivity contribution is -0.383. The summed E-state index contributed by atoms with van der Waals surface area (Å²) in [6.45, 7) is 0.837. The Morgan fingerprint density at radius 2 is 2.21 bits per heavy atom. The van der Waals surface area contributed by atoms with Gasteiger partial charge in [-0.2, -0.15) is 0 Å². The zero-order valence-electron chi connectivity index (χ0n) is 10.6. The van der Waals surface area contributed by atoms with Crippen LogP contribution < -0.4 is 5.32 Å². The van der Waals surface area contributed by atoms with Crippen LogP contribution >= 0.6 is 11.6 Å². The second kappa shape index (κ2) is 5.00. The Labute approximate surface area is 117 Å². The minimum atomic E-state index is -0.380. The Balaban J connectivity index is 1.68. The van der Waals surface area contributed by atoms with Crippen LogP contribution in [0.1, 0.15) is 25.7 Å². The van der Waals surface area contributed by atoms with Gasteiger partial charge in [-0.25, -0.2) is 0 Å². The van der Waals surface area contributed by atoms with Gasteiger partial charge in [-0.1, -0.05) is 18.0 Å². The molecule has 5 heteroatoms. The van der Waals surface area contributed by atoms with Gasteiger partial charge in [0.2, 0.25) is 0 Å². The van der Waals surface area contributed by atoms with Crippen molar-refractivity contribution in [2.75, 3.05) is 11.9 Å². The fraction of sp³-hybridized carbons (Fsp3) is 0.571.